The lowest BCUT2D eigenvalue weighted by atomic mass is 10.1. The molecule has 1 aromatic carbocycles. The van der Waals surface area contributed by atoms with Gasteiger partial charge in [0.15, 0.2) is 11.5 Å². The van der Waals surface area contributed by atoms with Gasteiger partial charge in [0.2, 0.25) is 0 Å². The molecule has 116 valence electrons. The van der Waals surface area contributed by atoms with E-state index in [2.05, 4.69) is 5.10 Å². The highest BCUT2D eigenvalue weighted by Gasteiger charge is 2.40. The maximum Gasteiger partial charge on any atom is 0.435 e. The summed E-state index contributed by atoms with van der Waals surface area (Å²) < 4.78 is 45.7. The van der Waals surface area contributed by atoms with Crippen molar-refractivity contribution in [1.82, 2.24) is 9.78 Å². The molecule has 2 heterocycles. The number of rotatable bonds is 2. The second-order valence-corrected chi connectivity index (χ2v) is 5.09. The van der Waals surface area contributed by atoms with Gasteiger partial charge in [-0.1, -0.05) is 0 Å². The Hall–Kier alpha value is -2.15. The number of benzene rings is 1. The number of fused-ring (bicyclic) bond motifs is 1. The summed E-state index contributed by atoms with van der Waals surface area (Å²) in [4.78, 5) is 11.3. The monoisotopic (exact) mass is 310 g/mol. The number of Topliss-reactive ketones (excluding diaryl/α,β-unsaturated/α-hetero) is 1. The molecule has 1 aliphatic rings. The van der Waals surface area contributed by atoms with Crippen molar-refractivity contribution in [1.29, 1.82) is 0 Å². The van der Waals surface area contributed by atoms with Crippen molar-refractivity contribution in [2.24, 2.45) is 0 Å². The molecule has 4 nitrogen and oxygen atoms in total. The van der Waals surface area contributed by atoms with Crippen LogP contribution in [0.2, 0.25) is 0 Å². The molecule has 1 aliphatic heterocycles. The number of nitrogens with zero attached hydrogens (tertiary/aromatic N) is 2. The molecule has 0 saturated heterocycles. The van der Waals surface area contributed by atoms with Gasteiger partial charge in [0, 0.05) is 17.5 Å². The molecule has 3 rings (SSSR count). The van der Waals surface area contributed by atoms with Gasteiger partial charge in [-0.3, -0.25) is 4.79 Å². The maximum absolute atomic E-state index is 13.1. The molecule has 0 N–H and O–H groups in total. The first-order chi connectivity index (χ1) is 10.4. The second-order valence-electron chi connectivity index (χ2n) is 5.09. The Morgan fingerprint density at radius 3 is 2.55 bits per heavy atom. The van der Waals surface area contributed by atoms with Gasteiger partial charge in [-0.15, -0.1) is 0 Å². The maximum atomic E-state index is 13.1. The van der Waals surface area contributed by atoms with Crippen molar-refractivity contribution < 1.29 is 22.7 Å². The molecule has 0 spiro atoms. The second kappa shape index (κ2) is 5.24. The Bertz CT molecular complexity index is 718. The Balaban J connectivity index is 2.11. The van der Waals surface area contributed by atoms with Gasteiger partial charge in [-0.05, 0) is 31.2 Å². The normalized spacial score (nSPS) is 14.7. The van der Waals surface area contributed by atoms with E-state index in [4.69, 9.17) is 4.74 Å². The van der Waals surface area contributed by atoms with Crippen molar-refractivity contribution in [3.8, 4) is 5.69 Å². The highest BCUT2D eigenvalue weighted by Crippen LogP contribution is 2.35. The van der Waals surface area contributed by atoms with Crippen LogP contribution < -0.4 is 0 Å². The first kappa shape index (κ1) is 14.8. The number of carbonyl (C=O) groups is 1. The molecule has 22 heavy (non-hydrogen) atoms. The van der Waals surface area contributed by atoms with Crippen molar-refractivity contribution in [2.75, 3.05) is 6.61 Å². The van der Waals surface area contributed by atoms with Crippen LogP contribution >= 0.6 is 0 Å². The smallest absolute Gasteiger partial charge is 0.376 e. The molecule has 0 aliphatic carbocycles. The number of aromatic nitrogens is 2. The largest absolute Gasteiger partial charge is 0.435 e. The fraction of sp³-hybridized carbons (Fsp3) is 0.333. The van der Waals surface area contributed by atoms with Crippen LogP contribution in [0.5, 0.6) is 0 Å². The van der Waals surface area contributed by atoms with Crippen LogP contribution in [0.3, 0.4) is 0 Å². The summed E-state index contributed by atoms with van der Waals surface area (Å²) in [6.45, 7) is 1.71. The lowest BCUT2D eigenvalue weighted by molar-refractivity contribution is -0.142. The first-order valence-electron chi connectivity index (χ1n) is 6.75. The number of alkyl halides is 3. The van der Waals surface area contributed by atoms with Gasteiger partial charge < -0.3 is 4.74 Å². The number of ether oxygens (including phenoxy) is 1. The van der Waals surface area contributed by atoms with E-state index in [9.17, 15) is 18.0 Å². The van der Waals surface area contributed by atoms with Gasteiger partial charge in [-0.2, -0.15) is 18.3 Å². The molecule has 2 aromatic rings. The average Bonchev–Trinajstić information content (AvgIpc) is 2.87. The van der Waals surface area contributed by atoms with Crippen LogP contribution in [-0.4, -0.2) is 22.2 Å². The van der Waals surface area contributed by atoms with E-state index in [1.54, 1.807) is 24.3 Å². The fourth-order valence-electron chi connectivity index (χ4n) is 2.52. The SMILES string of the molecule is CC(=O)c1ccc(-n2nc(C(F)(F)F)c3c2CCOC3)cc1. The summed E-state index contributed by atoms with van der Waals surface area (Å²) in [6.07, 6.45) is -4.15. The van der Waals surface area contributed by atoms with E-state index in [1.165, 1.54) is 11.6 Å². The van der Waals surface area contributed by atoms with Gasteiger partial charge in [0.1, 0.15) is 0 Å². The van der Waals surface area contributed by atoms with Crippen molar-refractivity contribution >= 4 is 5.78 Å². The summed E-state index contributed by atoms with van der Waals surface area (Å²) in [5.74, 6) is -0.0987. The molecule has 0 saturated carbocycles. The van der Waals surface area contributed by atoms with E-state index in [-0.39, 0.29) is 18.0 Å². The lowest BCUT2D eigenvalue weighted by Gasteiger charge is -2.15. The predicted octanol–water partition coefficient (Wildman–Crippen LogP) is 3.17. The minimum Gasteiger partial charge on any atom is -0.376 e. The number of carbonyl (C=O) groups excluding carboxylic acids is 1. The number of hydrogen-bond acceptors (Lipinski definition) is 3. The van der Waals surface area contributed by atoms with E-state index in [0.717, 1.165) is 0 Å². The third-order valence-corrected chi connectivity index (χ3v) is 3.61. The minimum atomic E-state index is -4.52. The zero-order valence-electron chi connectivity index (χ0n) is 11.8. The molecule has 7 heteroatoms. The highest BCUT2D eigenvalue weighted by molar-refractivity contribution is 5.94. The molecule has 1 aromatic heterocycles. The van der Waals surface area contributed by atoms with Gasteiger partial charge in [0.25, 0.3) is 0 Å². The predicted molar refractivity (Wildman–Crippen MR) is 71.9 cm³/mol. The molecular formula is C15H13F3N2O2. The van der Waals surface area contributed by atoms with Crippen LogP contribution in [0.1, 0.15) is 34.2 Å². The van der Waals surface area contributed by atoms with Crippen molar-refractivity contribution in [2.45, 2.75) is 26.1 Å². The minimum absolute atomic E-state index is 0.0876. The van der Waals surface area contributed by atoms with E-state index >= 15 is 0 Å². The summed E-state index contributed by atoms with van der Waals surface area (Å²) in [7, 11) is 0. The Morgan fingerprint density at radius 2 is 1.95 bits per heavy atom. The molecule has 0 amide bonds. The van der Waals surface area contributed by atoms with E-state index in [1.807, 2.05) is 0 Å². The van der Waals surface area contributed by atoms with Crippen LogP contribution in [0.15, 0.2) is 24.3 Å². The van der Waals surface area contributed by atoms with E-state index in [0.29, 0.717) is 30.0 Å². The summed E-state index contributed by atoms with van der Waals surface area (Å²) in [5, 5.41) is 3.73. The third kappa shape index (κ3) is 2.52. The number of halogens is 3. The van der Waals surface area contributed by atoms with Crippen molar-refractivity contribution in [3.05, 3.63) is 46.8 Å². The standard InChI is InChI=1S/C15H13F3N2O2/c1-9(21)10-2-4-11(5-3-10)20-13-6-7-22-8-12(13)14(19-20)15(16,17)18/h2-5H,6-8H2,1H3. The Kier molecular flexibility index (Phi) is 3.52. The molecule has 0 radical (unpaired) electrons. The van der Waals surface area contributed by atoms with Gasteiger partial charge in [0.05, 0.1) is 24.6 Å². The van der Waals surface area contributed by atoms with Gasteiger partial charge in [-0.25, -0.2) is 4.68 Å². The molecule has 0 atom stereocenters. The molecule has 0 unspecified atom stereocenters. The van der Waals surface area contributed by atoms with Crippen LogP contribution in [0.4, 0.5) is 13.2 Å². The zero-order chi connectivity index (χ0) is 15.9. The van der Waals surface area contributed by atoms with Gasteiger partial charge >= 0.3 is 6.18 Å². The first-order valence-corrected chi connectivity index (χ1v) is 6.75. The lowest BCUT2D eigenvalue weighted by Crippen LogP contribution is -2.15. The van der Waals surface area contributed by atoms with Crippen LogP contribution in [0, 0.1) is 0 Å². The van der Waals surface area contributed by atoms with E-state index < -0.39 is 11.9 Å². The molecular weight excluding hydrogens is 297 g/mol. The molecule has 0 bridgehead atoms. The quantitative estimate of drug-likeness (QED) is 0.800. The third-order valence-electron chi connectivity index (χ3n) is 3.61. The fourth-order valence-corrected chi connectivity index (χ4v) is 2.52. The summed E-state index contributed by atoms with van der Waals surface area (Å²) in [5.41, 5.74) is 0.698. The number of ketones is 1. The Labute approximate surface area is 124 Å². The summed E-state index contributed by atoms with van der Waals surface area (Å²) >= 11 is 0. The average molecular weight is 310 g/mol. The topological polar surface area (TPSA) is 44.1 Å². The Morgan fingerprint density at radius 1 is 1.27 bits per heavy atom. The highest BCUT2D eigenvalue weighted by atomic mass is 19.4. The summed E-state index contributed by atoms with van der Waals surface area (Å²) in [6, 6.07) is 6.36. The van der Waals surface area contributed by atoms with Crippen LogP contribution in [-0.2, 0) is 23.9 Å². The number of hydrogen-bond donors (Lipinski definition) is 0. The molecule has 0 fully saturated rings. The zero-order valence-corrected chi connectivity index (χ0v) is 11.8. The van der Waals surface area contributed by atoms with Crippen LogP contribution in [0.25, 0.3) is 5.69 Å². The van der Waals surface area contributed by atoms with Crippen molar-refractivity contribution in [3.63, 3.8) is 0 Å².